The van der Waals surface area contributed by atoms with E-state index in [0.717, 1.165) is 5.06 Å². The number of methoxy groups -OCH3 is 1. The van der Waals surface area contributed by atoms with Crippen molar-refractivity contribution in [2.45, 2.75) is 6.54 Å². The summed E-state index contributed by atoms with van der Waals surface area (Å²) in [7, 11) is 2.62. The van der Waals surface area contributed by atoms with E-state index in [-0.39, 0.29) is 22.9 Å². The number of benzene rings is 1. The molecule has 2 N–H and O–H groups in total. The first kappa shape index (κ1) is 12.0. The summed E-state index contributed by atoms with van der Waals surface area (Å²) in [5.74, 6) is -1.20. The van der Waals surface area contributed by atoms with Crippen LogP contribution < -0.4 is 4.74 Å². The zero-order chi connectivity index (χ0) is 11.6. The molecule has 1 aromatic carbocycles. The van der Waals surface area contributed by atoms with E-state index in [0.29, 0.717) is 0 Å². The second-order valence-electron chi connectivity index (χ2n) is 3.02. The van der Waals surface area contributed by atoms with Crippen molar-refractivity contribution in [2.75, 3.05) is 14.2 Å². The van der Waals surface area contributed by atoms with Crippen LogP contribution >= 0.6 is 11.6 Å². The summed E-state index contributed by atoms with van der Waals surface area (Å²) < 4.78 is 18.3. The van der Waals surface area contributed by atoms with Gasteiger partial charge >= 0.3 is 0 Å². The smallest absolute Gasteiger partial charge is 0.173 e. The van der Waals surface area contributed by atoms with Crippen molar-refractivity contribution in [3.63, 3.8) is 0 Å². The molecule has 0 fully saturated rings. The van der Waals surface area contributed by atoms with Gasteiger partial charge in [-0.25, -0.2) is 4.39 Å². The number of hydrogen-bond donors (Lipinski definition) is 2. The molecule has 0 aliphatic heterocycles. The number of phenols is 1. The molecule has 0 aliphatic rings. The molecule has 1 rings (SSSR count). The zero-order valence-corrected chi connectivity index (χ0v) is 9.05. The fourth-order valence-corrected chi connectivity index (χ4v) is 1.38. The highest BCUT2D eigenvalue weighted by Gasteiger charge is 2.18. The van der Waals surface area contributed by atoms with Crippen molar-refractivity contribution in [1.82, 2.24) is 5.06 Å². The summed E-state index contributed by atoms with van der Waals surface area (Å²) in [6, 6.07) is 1.17. The summed E-state index contributed by atoms with van der Waals surface area (Å²) in [5, 5.41) is 19.2. The van der Waals surface area contributed by atoms with E-state index < -0.39 is 11.6 Å². The van der Waals surface area contributed by atoms with Crippen LogP contribution in [0.15, 0.2) is 6.07 Å². The first-order valence-electron chi connectivity index (χ1n) is 4.11. The number of aromatic hydroxyl groups is 1. The van der Waals surface area contributed by atoms with E-state index in [2.05, 4.69) is 0 Å². The summed E-state index contributed by atoms with van der Waals surface area (Å²) in [4.78, 5) is 0. The standard InChI is InChI=1S/C9H11ClFNO3/c1-12(14)4-5-8(11)7(15-2)3-6(10)9(5)13/h3,13-14H,4H2,1-2H3. The summed E-state index contributed by atoms with van der Waals surface area (Å²) >= 11 is 5.66. The van der Waals surface area contributed by atoms with Gasteiger partial charge in [-0.2, -0.15) is 5.06 Å². The minimum absolute atomic E-state index is 0.0231. The SMILES string of the molecule is COc1cc(Cl)c(O)c(CN(C)O)c1F. The molecule has 0 radical (unpaired) electrons. The molecule has 0 saturated carbocycles. The number of hydroxylamine groups is 2. The largest absolute Gasteiger partial charge is 0.506 e. The molecule has 0 unspecified atom stereocenters. The van der Waals surface area contributed by atoms with Crippen LogP contribution in [0.3, 0.4) is 0 Å². The second kappa shape index (κ2) is 4.65. The van der Waals surface area contributed by atoms with Gasteiger partial charge in [0.05, 0.1) is 24.2 Å². The Bertz CT molecular complexity index is 371. The van der Waals surface area contributed by atoms with Crippen LogP contribution in [-0.2, 0) is 6.54 Å². The predicted molar refractivity (Wildman–Crippen MR) is 52.9 cm³/mol. The molecule has 0 atom stereocenters. The van der Waals surface area contributed by atoms with Gasteiger partial charge in [0.15, 0.2) is 11.6 Å². The molecule has 0 amide bonds. The molecule has 6 heteroatoms. The third kappa shape index (κ3) is 2.50. The molecule has 4 nitrogen and oxygen atoms in total. The monoisotopic (exact) mass is 235 g/mol. The Kier molecular flexibility index (Phi) is 3.73. The molecule has 0 aliphatic carbocycles. The highest BCUT2D eigenvalue weighted by atomic mass is 35.5. The third-order valence-corrected chi connectivity index (χ3v) is 2.15. The van der Waals surface area contributed by atoms with E-state index >= 15 is 0 Å². The summed E-state index contributed by atoms with van der Waals surface area (Å²) in [6.07, 6.45) is 0. The highest BCUT2D eigenvalue weighted by molar-refractivity contribution is 6.32. The Balaban J connectivity index is 3.27. The second-order valence-corrected chi connectivity index (χ2v) is 3.42. The van der Waals surface area contributed by atoms with Gasteiger partial charge in [0, 0.05) is 13.1 Å². The van der Waals surface area contributed by atoms with E-state index in [1.807, 2.05) is 0 Å². The fraction of sp³-hybridized carbons (Fsp3) is 0.333. The molecule has 84 valence electrons. The first-order chi connectivity index (χ1) is 6.97. The van der Waals surface area contributed by atoms with Crippen LogP contribution in [0.1, 0.15) is 5.56 Å². The number of halogens is 2. The summed E-state index contributed by atoms with van der Waals surface area (Å²) in [5.41, 5.74) is -0.107. The molecular formula is C9H11ClFNO3. The maximum absolute atomic E-state index is 13.6. The van der Waals surface area contributed by atoms with Gasteiger partial charge in [-0.05, 0) is 0 Å². The minimum Gasteiger partial charge on any atom is -0.506 e. The Morgan fingerprint density at radius 3 is 2.67 bits per heavy atom. The molecule has 0 aromatic heterocycles. The van der Waals surface area contributed by atoms with Gasteiger partial charge in [-0.1, -0.05) is 11.6 Å². The van der Waals surface area contributed by atoms with E-state index in [4.69, 9.17) is 21.5 Å². The van der Waals surface area contributed by atoms with Gasteiger partial charge in [-0.15, -0.1) is 0 Å². The van der Waals surface area contributed by atoms with E-state index in [1.54, 1.807) is 0 Å². The minimum atomic E-state index is -0.736. The fourth-order valence-electron chi connectivity index (χ4n) is 1.17. The van der Waals surface area contributed by atoms with Crippen molar-refractivity contribution in [3.05, 3.63) is 22.5 Å². The van der Waals surface area contributed by atoms with Gasteiger partial charge in [0.25, 0.3) is 0 Å². The van der Waals surface area contributed by atoms with Crippen molar-refractivity contribution in [3.8, 4) is 11.5 Å². The molecule has 0 spiro atoms. The average Bonchev–Trinajstić information content (AvgIpc) is 2.18. The van der Waals surface area contributed by atoms with Crippen LogP contribution in [0.2, 0.25) is 5.02 Å². The first-order valence-corrected chi connectivity index (χ1v) is 4.49. The molecule has 0 heterocycles. The van der Waals surface area contributed by atoms with E-state index in [1.165, 1.54) is 20.2 Å². The Morgan fingerprint density at radius 1 is 1.60 bits per heavy atom. The quantitative estimate of drug-likeness (QED) is 0.787. The third-order valence-electron chi connectivity index (χ3n) is 1.86. The normalized spacial score (nSPS) is 10.8. The number of hydrogen-bond acceptors (Lipinski definition) is 4. The predicted octanol–water partition coefficient (Wildman–Crippen LogP) is 2.01. The van der Waals surface area contributed by atoms with Crippen LogP contribution in [0.5, 0.6) is 11.5 Å². The van der Waals surface area contributed by atoms with Crippen molar-refractivity contribution in [2.24, 2.45) is 0 Å². The Labute approximate surface area is 91.4 Å². The Hall–Kier alpha value is -1.04. The highest BCUT2D eigenvalue weighted by Crippen LogP contribution is 2.35. The lowest BCUT2D eigenvalue weighted by atomic mass is 10.1. The number of nitrogens with zero attached hydrogens (tertiary/aromatic N) is 1. The van der Waals surface area contributed by atoms with Crippen LogP contribution in [0, 0.1) is 5.82 Å². The number of ether oxygens (including phenoxy) is 1. The van der Waals surface area contributed by atoms with Crippen LogP contribution in [-0.4, -0.2) is 29.5 Å². The van der Waals surface area contributed by atoms with Crippen molar-refractivity contribution >= 4 is 11.6 Å². The molecule has 0 saturated heterocycles. The number of phenolic OH excluding ortho intramolecular Hbond substituents is 1. The average molecular weight is 236 g/mol. The molecule has 0 bridgehead atoms. The molecular weight excluding hydrogens is 225 g/mol. The zero-order valence-electron chi connectivity index (χ0n) is 8.29. The topological polar surface area (TPSA) is 52.9 Å². The van der Waals surface area contributed by atoms with Gasteiger partial charge in [-0.3, -0.25) is 0 Å². The number of rotatable bonds is 3. The molecule has 15 heavy (non-hydrogen) atoms. The summed E-state index contributed by atoms with van der Waals surface area (Å²) in [6.45, 7) is -0.186. The van der Waals surface area contributed by atoms with Crippen LogP contribution in [0.25, 0.3) is 0 Å². The van der Waals surface area contributed by atoms with Crippen LogP contribution in [0.4, 0.5) is 4.39 Å². The maximum Gasteiger partial charge on any atom is 0.173 e. The van der Waals surface area contributed by atoms with Gasteiger partial charge in [0.2, 0.25) is 0 Å². The molecule has 1 aromatic rings. The lowest BCUT2D eigenvalue weighted by Gasteiger charge is -2.13. The van der Waals surface area contributed by atoms with Gasteiger partial charge < -0.3 is 15.1 Å². The van der Waals surface area contributed by atoms with E-state index in [9.17, 15) is 9.50 Å². The van der Waals surface area contributed by atoms with Crippen molar-refractivity contribution < 1.29 is 19.4 Å². The van der Waals surface area contributed by atoms with Crippen molar-refractivity contribution in [1.29, 1.82) is 0 Å². The van der Waals surface area contributed by atoms with Gasteiger partial charge in [0.1, 0.15) is 5.75 Å². The lowest BCUT2D eigenvalue weighted by molar-refractivity contribution is -0.0743. The Morgan fingerprint density at radius 2 is 2.20 bits per heavy atom. The maximum atomic E-state index is 13.6. The lowest BCUT2D eigenvalue weighted by Crippen LogP contribution is -2.13.